The number of anilines is 1. The molecule has 2 aromatic rings. The highest BCUT2D eigenvalue weighted by molar-refractivity contribution is 9.10. The van der Waals surface area contributed by atoms with Crippen molar-refractivity contribution in [2.45, 2.75) is 51.7 Å². The highest BCUT2D eigenvalue weighted by Crippen LogP contribution is 2.43. The van der Waals surface area contributed by atoms with Crippen molar-refractivity contribution in [1.82, 2.24) is 14.8 Å². The van der Waals surface area contributed by atoms with E-state index in [1.54, 1.807) is 16.4 Å². The number of rotatable bonds is 10. The van der Waals surface area contributed by atoms with Crippen molar-refractivity contribution < 1.29 is 14.3 Å². The zero-order valence-corrected chi connectivity index (χ0v) is 20.6. The molecule has 0 saturated carbocycles. The Morgan fingerprint density at radius 2 is 2.03 bits per heavy atom. The zero-order chi connectivity index (χ0) is 22.5. The van der Waals surface area contributed by atoms with Crippen molar-refractivity contribution >= 4 is 39.5 Å². The van der Waals surface area contributed by atoms with Gasteiger partial charge in [0.05, 0.1) is 23.3 Å². The summed E-state index contributed by atoms with van der Waals surface area (Å²) in [4.78, 5) is 17.1. The molecule has 0 fully saturated rings. The average Bonchev–Trinajstić information content (AvgIpc) is 3.11. The number of thioether (sulfide) groups is 1. The minimum absolute atomic E-state index is 0.431. The van der Waals surface area contributed by atoms with Gasteiger partial charge in [-0.15, -0.1) is 5.10 Å². The van der Waals surface area contributed by atoms with Crippen LogP contribution in [0.1, 0.15) is 52.1 Å². The number of carbonyl (C=O) groups excluding carboxylic acids is 1. The van der Waals surface area contributed by atoms with E-state index in [4.69, 9.17) is 15.2 Å². The van der Waals surface area contributed by atoms with Crippen LogP contribution in [0.3, 0.4) is 0 Å². The lowest BCUT2D eigenvalue weighted by Gasteiger charge is -2.28. The summed E-state index contributed by atoms with van der Waals surface area (Å²) < 4.78 is 14.0. The molecular weight excluding hydrogens is 482 g/mol. The molecule has 1 aliphatic rings. The molecule has 3 N–H and O–H groups in total. The lowest BCUT2D eigenvalue weighted by Crippen LogP contribution is -2.32. The van der Waals surface area contributed by atoms with Crippen molar-refractivity contribution in [2.75, 3.05) is 24.3 Å². The minimum atomic E-state index is -0.534. The van der Waals surface area contributed by atoms with Crippen LogP contribution < -0.4 is 20.5 Å². The number of carbonyl (C=O) groups is 1. The maximum absolute atomic E-state index is 12.4. The number of halogens is 1. The van der Waals surface area contributed by atoms with Crippen LogP contribution in [0.2, 0.25) is 0 Å². The van der Waals surface area contributed by atoms with Crippen molar-refractivity contribution in [3.63, 3.8) is 0 Å². The monoisotopic (exact) mass is 509 g/mol. The van der Waals surface area contributed by atoms with Crippen LogP contribution >= 0.6 is 27.7 Å². The first kappa shape index (κ1) is 23.5. The number of fused-ring (bicyclic) bond motifs is 1. The number of allylic oxidation sites excluding steroid dienone is 1. The first-order valence-corrected chi connectivity index (χ1v) is 12.1. The molecule has 0 radical (unpaired) electrons. The molecule has 2 heterocycles. The SMILES string of the molecule is CCCCSc1nc2n(n1)C(c1cc(Br)c(OCC)c(OCC)c1)C(C(N)=O)=C(C)N2. The van der Waals surface area contributed by atoms with Gasteiger partial charge in [0.2, 0.25) is 17.0 Å². The Balaban J connectivity index is 2.12. The number of hydrogen-bond acceptors (Lipinski definition) is 7. The van der Waals surface area contributed by atoms with Gasteiger partial charge in [-0.05, 0) is 60.8 Å². The molecule has 0 aliphatic carbocycles. The molecule has 0 spiro atoms. The molecule has 1 atom stereocenters. The second kappa shape index (κ2) is 10.4. The fourth-order valence-corrected chi connectivity index (χ4v) is 4.91. The molecule has 1 unspecified atom stereocenters. The van der Waals surface area contributed by atoms with Crippen LogP contribution in [-0.2, 0) is 4.79 Å². The molecule has 1 aromatic heterocycles. The van der Waals surface area contributed by atoms with Crippen LogP contribution in [0, 0.1) is 0 Å². The van der Waals surface area contributed by atoms with Gasteiger partial charge in [0.25, 0.3) is 0 Å². The standard InChI is InChI=1S/C21H28BrN5O3S/c1-5-8-9-31-21-25-20-24-12(4)16(19(23)28)17(27(20)26-21)13-10-14(22)18(30-7-3)15(11-13)29-6-2/h10-11,17H,5-9H2,1-4H3,(H2,23,28)(H,24,25,26). The van der Waals surface area contributed by atoms with Gasteiger partial charge >= 0.3 is 0 Å². The highest BCUT2D eigenvalue weighted by Gasteiger charge is 2.34. The first-order chi connectivity index (χ1) is 14.9. The fraction of sp³-hybridized carbons (Fsp3) is 0.476. The third-order valence-corrected chi connectivity index (χ3v) is 6.28. The van der Waals surface area contributed by atoms with Crippen molar-refractivity contribution in [3.8, 4) is 11.5 Å². The van der Waals surface area contributed by atoms with Crippen molar-refractivity contribution in [2.24, 2.45) is 5.73 Å². The molecule has 10 heteroatoms. The van der Waals surface area contributed by atoms with E-state index >= 15 is 0 Å². The third-order valence-electron chi connectivity index (χ3n) is 4.76. The number of benzene rings is 1. The Bertz CT molecular complexity index is 992. The number of ether oxygens (including phenoxy) is 2. The van der Waals surface area contributed by atoms with Gasteiger partial charge in [0.15, 0.2) is 11.5 Å². The topological polar surface area (TPSA) is 104 Å². The second-order valence-electron chi connectivity index (χ2n) is 6.99. The number of hydrogen-bond donors (Lipinski definition) is 2. The number of nitrogens with one attached hydrogen (secondary N) is 1. The number of aromatic nitrogens is 3. The Hall–Kier alpha value is -2.20. The van der Waals surface area contributed by atoms with E-state index in [-0.39, 0.29) is 0 Å². The summed E-state index contributed by atoms with van der Waals surface area (Å²) in [5.74, 6) is 2.21. The van der Waals surface area contributed by atoms with E-state index < -0.39 is 11.9 Å². The van der Waals surface area contributed by atoms with E-state index in [1.807, 2.05) is 32.9 Å². The van der Waals surface area contributed by atoms with Crippen LogP contribution in [-0.4, -0.2) is 39.6 Å². The van der Waals surface area contributed by atoms with E-state index in [9.17, 15) is 4.79 Å². The molecule has 1 aromatic carbocycles. The molecule has 168 valence electrons. The summed E-state index contributed by atoms with van der Waals surface area (Å²) in [5.41, 5.74) is 7.67. The van der Waals surface area contributed by atoms with Crippen LogP contribution in [0.4, 0.5) is 5.95 Å². The van der Waals surface area contributed by atoms with Crippen LogP contribution in [0.25, 0.3) is 0 Å². The molecular formula is C21H28BrN5O3S. The summed E-state index contributed by atoms with van der Waals surface area (Å²) in [6.07, 6.45) is 2.19. The first-order valence-electron chi connectivity index (χ1n) is 10.4. The summed E-state index contributed by atoms with van der Waals surface area (Å²) in [5, 5.41) is 8.52. The lowest BCUT2D eigenvalue weighted by molar-refractivity contribution is -0.115. The van der Waals surface area contributed by atoms with Gasteiger partial charge < -0.3 is 20.5 Å². The fourth-order valence-electron chi connectivity index (χ4n) is 3.42. The van der Waals surface area contributed by atoms with E-state index in [2.05, 4.69) is 38.3 Å². The van der Waals surface area contributed by atoms with Gasteiger partial charge in [0.1, 0.15) is 6.04 Å². The quantitative estimate of drug-likeness (QED) is 0.358. The third kappa shape index (κ3) is 5.01. The Morgan fingerprint density at radius 1 is 1.29 bits per heavy atom. The van der Waals surface area contributed by atoms with E-state index in [0.717, 1.165) is 28.6 Å². The summed E-state index contributed by atoms with van der Waals surface area (Å²) in [6.45, 7) is 8.78. The average molecular weight is 510 g/mol. The van der Waals surface area contributed by atoms with Crippen LogP contribution in [0.15, 0.2) is 33.0 Å². The number of nitrogens with zero attached hydrogens (tertiary/aromatic N) is 3. The van der Waals surface area contributed by atoms with E-state index in [1.165, 1.54) is 0 Å². The second-order valence-corrected chi connectivity index (χ2v) is 8.91. The molecule has 8 nitrogen and oxygen atoms in total. The molecule has 3 rings (SSSR count). The van der Waals surface area contributed by atoms with Gasteiger partial charge in [-0.2, -0.15) is 4.98 Å². The number of nitrogens with two attached hydrogens (primary N) is 1. The molecule has 1 aliphatic heterocycles. The Morgan fingerprint density at radius 3 is 2.68 bits per heavy atom. The lowest BCUT2D eigenvalue weighted by atomic mass is 9.95. The Kier molecular flexibility index (Phi) is 7.88. The normalized spacial score (nSPS) is 15.5. The summed E-state index contributed by atoms with van der Waals surface area (Å²) in [7, 11) is 0. The highest BCUT2D eigenvalue weighted by atomic mass is 79.9. The number of primary amides is 1. The number of unbranched alkanes of at least 4 members (excludes halogenated alkanes) is 1. The smallest absolute Gasteiger partial charge is 0.248 e. The predicted molar refractivity (Wildman–Crippen MR) is 126 cm³/mol. The predicted octanol–water partition coefficient (Wildman–Crippen LogP) is 4.50. The maximum Gasteiger partial charge on any atom is 0.248 e. The molecule has 0 bridgehead atoms. The maximum atomic E-state index is 12.4. The Labute approximate surface area is 195 Å². The van der Waals surface area contributed by atoms with Crippen molar-refractivity contribution in [3.05, 3.63) is 33.4 Å². The van der Waals surface area contributed by atoms with Crippen molar-refractivity contribution in [1.29, 1.82) is 0 Å². The largest absolute Gasteiger partial charge is 0.490 e. The van der Waals surface area contributed by atoms with Gasteiger partial charge in [-0.1, -0.05) is 25.1 Å². The molecule has 1 amide bonds. The molecule has 31 heavy (non-hydrogen) atoms. The van der Waals surface area contributed by atoms with Crippen LogP contribution in [0.5, 0.6) is 11.5 Å². The minimum Gasteiger partial charge on any atom is -0.490 e. The van der Waals surface area contributed by atoms with Gasteiger partial charge in [-0.3, -0.25) is 4.79 Å². The van der Waals surface area contributed by atoms with Gasteiger partial charge in [-0.25, -0.2) is 4.68 Å². The van der Waals surface area contributed by atoms with E-state index in [0.29, 0.717) is 47.1 Å². The van der Waals surface area contributed by atoms with Gasteiger partial charge in [0, 0.05) is 11.4 Å². The molecule has 0 saturated heterocycles. The number of amides is 1. The summed E-state index contributed by atoms with van der Waals surface area (Å²) >= 11 is 5.19. The summed E-state index contributed by atoms with van der Waals surface area (Å²) in [6, 6.07) is 3.25. The zero-order valence-electron chi connectivity index (χ0n) is 18.2.